The van der Waals surface area contributed by atoms with Gasteiger partial charge in [0.15, 0.2) is 6.10 Å². The van der Waals surface area contributed by atoms with Crippen LogP contribution in [-0.2, 0) is 6.42 Å². The van der Waals surface area contributed by atoms with Crippen LogP contribution >= 0.6 is 23.2 Å². The summed E-state index contributed by atoms with van der Waals surface area (Å²) in [5.41, 5.74) is 0.944. The first-order valence-electron chi connectivity index (χ1n) is 9.58. The molecule has 152 valence electrons. The molecular formula is C21H22Cl2N4O2. The molecule has 6 nitrogen and oxygen atoms in total. The van der Waals surface area contributed by atoms with E-state index < -0.39 is 0 Å². The number of ether oxygens (including phenoxy) is 1. The largest absolute Gasteiger partial charge is 0.466 e. The van der Waals surface area contributed by atoms with Crippen molar-refractivity contribution in [3.63, 3.8) is 0 Å². The van der Waals surface area contributed by atoms with Crippen LogP contribution in [0.4, 0.5) is 5.82 Å². The van der Waals surface area contributed by atoms with Crippen LogP contribution in [0.5, 0.6) is 5.88 Å². The number of imidazole rings is 1. The Hall–Kier alpha value is -2.28. The van der Waals surface area contributed by atoms with Gasteiger partial charge in [-0.1, -0.05) is 29.3 Å². The van der Waals surface area contributed by atoms with Crippen molar-refractivity contribution in [2.45, 2.75) is 31.4 Å². The minimum absolute atomic E-state index is 0.104. The molecule has 1 unspecified atom stereocenters. The van der Waals surface area contributed by atoms with Crippen LogP contribution in [0.25, 0.3) is 0 Å². The van der Waals surface area contributed by atoms with Gasteiger partial charge in [-0.2, -0.15) is 4.98 Å². The molecule has 29 heavy (non-hydrogen) atoms. The number of pyridine rings is 1. The minimum Gasteiger partial charge on any atom is -0.466 e. The normalized spacial score (nSPS) is 17.5. The van der Waals surface area contributed by atoms with Gasteiger partial charge in [-0.15, -0.1) is 0 Å². The molecule has 2 atom stereocenters. The molecule has 0 amide bonds. The van der Waals surface area contributed by atoms with E-state index in [0.717, 1.165) is 30.8 Å². The van der Waals surface area contributed by atoms with Gasteiger partial charge in [0.25, 0.3) is 0 Å². The van der Waals surface area contributed by atoms with Crippen molar-refractivity contribution in [3.05, 3.63) is 70.2 Å². The van der Waals surface area contributed by atoms with Crippen molar-refractivity contribution in [1.29, 1.82) is 0 Å². The van der Waals surface area contributed by atoms with Crippen molar-refractivity contribution in [3.8, 4) is 5.88 Å². The number of anilines is 1. The highest BCUT2D eigenvalue weighted by Gasteiger charge is 2.25. The Balaban J connectivity index is 1.57. The van der Waals surface area contributed by atoms with E-state index in [1.165, 1.54) is 0 Å². The average molecular weight is 433 g/mol. The summed E-state index contributed by atoms with van der Waals surface area (Å²) >= 11 is 12.3. The van der Waals surface area contributed by atoms with Gasteiger partial charge in [-0.3, -0.25) is 0 Å². The number of hydrogen-bond acceptors (Lipinski definition) is 5. The maximum absolute atomic E-state index is 9.61. The van der Waals surface area contributed by atoms with E-state index in [4.69, 9.17) is 27.9 Å². The lowest BCUT2D eigenvalue weighted by Gasteiger charge is -2.25. The molecule has 1 aromatic carbocycles. The van der Waals surface area contributed by atoms with Crippen LogP contribution in [0.1, 0.15) is 30.3 Å². The predicted molar refractivity (Wildman–Crippen MR) is 114 cm³/mol. The van der Waals surface area contributed by atoms with E-state index in [-0.39, 0.29) is 18.8 Å². The van der Waals surface area contributed by atoms with E-state index in [9.17, 15) is 5.11 Å². The average Bonchev–Trinajstić information content (AvgIpc) is 3.39. The van der Waals surface area contributed by atoms with Crippen molar-refractivity contribution in [1.82, 2.24) is 15.0 Å². The summed E-state index contributed by atoms with van der Waals surface area (Å²) in [7, 11) is 0. The van der Waals surface area contributed by atoms with E-state index in [2.05, 4.69) is 19.9 Å². The fraction of sp³-hybridized carbons (Fsp3) is 0.333. The smallest absolute Gasteiger partial charge is 0.215 e. The predicted octanol–water partition coefficient (Wildman–Crippen LogP) is 4.44. The number of benzene rings is 1. The number of rotatable bonds is 7. The van der Waals surface area contributed by atoms with Gasteiger partial charge in [-0.05, 0) is 42.7 Å². The fourth-order valence-corrected chi connectivity index (χ4v) is 4.26. The fourth-order valence-electron chi connectivity index (χ4n) is 3.69. The summed E-state index contributed by atoms with van der Waals surface area (Å²) < 4.78 is 6.23. The lowest BCUT2D eigenvalue weighted by atomic mass is 10.1. The summed E-state index contributed by atoms with van der Waals surface area (Å²) in [4.78, 5) is 14.3. The van der Waals surface area contributed by atoms with Crippen LogP contribution < -0.4 is 9.64 Å². The van der Waals surface area contributed by atoms with Crippen LogP contribution in [0, 0.1) is 0 Å². The summed E-state index contributed by atoms with van der Waals surface area (Å²) in [5.74, 6) is 2.01. The second-order valence-corrected chi connectivity index (χ2v) is 7.94. The number of nitrogens with one attached hydrogen (secondary N) is 1. The van der Waals surface area contributed by atoms with Crippen molar-refractivity contribution >= 4 is 29.0 Å². The van der Waals surface area contributed by atoms with Gasteiger partial charge in [0.05, 0.1) is 12.6 Å². The third-order valence-corrected chi connectivity index (χ3v) is 5.46. The highest BCUT2D eigenvalue weighted by Crippen LogP contribution is 2.29. The maximum atomic E-state index is 9.61. The van der Waals surface area contributed by atoms with E-state index in [1.54, 1.807) is 18.5 Å². The summed E-state index contributed by atoms with van der Waals surface area (Å²) in [5, 5.41) is 10.8. The standard InChI is InChI=1S/C21H22Cl2N4O2/c22-15-9-14(10-16(23)12-15)11-18(21-24-6-7-25-21)29-20-5-1-4-19(26-20)27-8-2-3-17(27)13-28/h1,4-7,9-10,12,17-18,28H,2-3,8,11,13H2,(H,24,25)/t17?,18-/m0/s1. The Bertz CT molecular complexity index is 931. The quantitative estimate of drug-likeness (QED) is 0.577. The second-order valence-electron chi connectivity index (χ2n) is 7.07. The Morgan fingerprint density at radius 2 is 2.07 bits per heavy atom. The van der Waals surface area contributed by atoms with E-state index in [0.29, 0.717) is 28.2 Å². The van der Waals surface area contributed by atoms with Crippen LogP contribution in [0.15, 0.2) is 48.8 Å². The first kappa shape index (κ1) is 20.0. The number of aromatic nitrogens is 3. The van der Waals surface area contributed by atoms with Gasteiger partial charge in [0.1, 0.15) is 11.6 Å². The summed E-state index contributed by atoms with van der Waals surface area (Å²) in [6.45, 7) is 1.00. The van der Waals surface area contributed by atoms with E-state index in [1.807, 2.05) is 30.3 Å². The number of H-pyrrole nitrogens is 1. The zero-order valence-electron chi connectivity index (χ0n) is 15.8. The van der Waals surface area contributed by atoms with Crippen molar-refractivity contribution in [2.75, 3.05) is 18.1 Å². The molecule has 3 heterocycles. The van der Waals surface area contributed by atoms with Crippen molar-refractivity contribution < 1.29 is 9.84 Å². The SMILES string of the molecule is OCC1CCCN1c1cccc(O[C@@H](Cc2cc(Cl)cc(Cl)c2)c2ncc[nH]2)n1. The van der Waals surface area contributed by atoms with Crippen LogP contribution in [0.3, 0.4) is 0 Å². The first-order valence-corrected chi connectivity index (χ1v) is 10.3. The van der Waals surface area contributed by atoms with Gasteiger partial charge >= 0.3 is 0 Å². The zero-order valence-corrected chi connectivity index (χ0v) is 17.3. The van der Waals surface area contributed by atoms with Crippen LogP contribution in [-0.4, -0.2) is 39.3 Å². The Kier molecular flexibility index (Phi) is 6.23. The number of aromatic amines is 1. The lowest BCUT2D eigenvalue weighted by molar-refractivity contribution is 0.188. The molecular weight excluding hydrogens is 411 g/mol. The Morgan fingerprint density at radius 3 is 2.79 bits per heavy atom. The van der Waals surface area contributed by atoms with Gasteiger partial charge in [0.2, 0.25) is 5.88 Å². The molecule has 4 rings (SSSR count). The molecule has 0 radical (unpaired) electrons. The molecule has 0 spiro atoms. The molecule has 1 aliphatic rings. The van der Waals surface area contributed by atoms with Crippen LogP contribution in [0.2, 0.25) is 10.0 Å². The second kappa shape index (κ2) is 9.03. The monoisotopic (exact) mass is 432 g/mol. The summed E-state index contributed by atoms with van der Waals surface area (Å²) in [6, 6.07) is 11.2. The Morgan fingerprint density at radius 1 is 1.24 bits per heavy atom. The Labute approximate surface area is 179 Å². The number of nitrogens with zero attached hydrogens (tertiary/aromatic N) is 3. The number of hydrogen-bond donors (Lipinski definition) is 2. The van der Waals surface area contributed by atoms with Crippen molar-refractivity contribution in [2.24, 2.45) is 0 Å². The van der Waals surface area contributed by atoms with E-state index >= 15 is 0 Å². The topological polar surface area (TPSA) is 74.3 Å². The van der Waals surface area contributed by atoms with Gasteiger partial charge < -0.3 is 19.7 Å². The molecule has 0 saturated carbocycles. The van der Waals surface area contributed by atoms with Gasteiger partial charge in [-0.25, -0.2) is 4.98 Å². The number of aliphatic hydroxyl groups is 1. The molecule has 8 heteroatoms. The molecule has 2 N–H and O–H groups in total. The third kappa shape index (κ3) is 4.83. The zero-order chi connectivity index (χ0) is 20.2. The molecule has 1 saturated heterocycles. The first-order chi connectivity index (χ1) is 14.1. The number of halogens is 2. The molecule has 2 aromatic heterocycles. The molecule has 1 fully saturated rings. The molecule has 0 bridgehead atoms. The highest BCUT2D eigenvalue weighted by molar-refractivity contribution is 6.34. The minimum atomic E-state index is -0.380. The molecule has 1 aliphatic heterocycles. The molecule has 0 aliphatic carbocycles. The summed E-state index contributed by atoms with van der Waals surface area (Å²) in [6.07, 6.45) is 5.61. The maximum Gasteiger partial charge on any atom is 0.215 e. The molecule has 3 aromatic rings. The number of aliphatic hydroxyl groups excluding tert-OH is 1. The lowest BCUT2D eigenvalue weighted by Crippen LogP contribution is -2.32. The third-order valence-electron chi connectivity index (χ3n) is 5.02. The van der Waals surface area contributed by atoms with Gasteiger partial charge in [0, 0.05) is 41.5 Å². The highest BCUT2D eigenvalue weighted by atomic mass is 35.5.